The van der Waals surface area contributed by atoms with Crippen LogP contribution in [0.1, 0.15) is 28.1 Å². The number of imide groups is 1. The summed E-state index contributed by atoms with van der Waals surface area (Å²) in [5.74, 6) is 0.511. The molecular weight excluding hydrogens is 400 g/mol. The zero-order valence-corrected chi connectivity index (χ0v) is 19.0. The molecule has 6 nitrogen and oxygen atoms in total. The van der Waals surface area contributed by atoms with Crippen molar-refractivity contribution in [1.29, 1.82) is 0 Å². The molecular formula is C23H28N2O4S. The van der Waals surface area contributed by atoms with Crippen molar-refractivity contribution in [3.63, 3.8) is 0 Å². The summed E-state index contributed by atoms with van der Waals surface area (Å²) >= 11 is 0.979. The molecule has 0 N–H and O–H groups in total. The van der Waals surface area contributed by atoms with Crippen LogP contribution in [0.4, 0.5) is 4.79 Å². The molecule has 0 radical (unpaired) electrons. The van der Waals surface area contributed by atoms with Crippen molar-refractivity contribution in [2.75, 3.05) is 26.9 Å². The second-order valence-electron chi connectivity index (χ2n) is 7.42. The Bertz CT molecular complexity index is 993. The molecule has 1 aromatic carbocycles. The fraction of sp³-hybridized carbons (Fsp3) is 0.391. The van der Waals surface area contributed by atoms with Crippen molar-refractivity contribution >= 4 is 29.0 Å². The van der Waals surface area contributed by atoms with Crippen LogP contribution < -0.4 is 4.74 Å². The van der Waals surface area contributed by atoms with Gasteiger partial charge in [-0.2, -0.15) is 0 Å². The molecule has 1 fully saturated rings. The number of ether oxygens (including phenoxy) is 2. The summed E-state index contributed by atoms with van der Waals surface area (Å²) in [7, 11) is 1.68. The largest absolute Gasteiger partial charge is 0.491 e. The van der Waals surface area contributed by atoms with Crippen molar-refractivity contribution in [3.8, 4) is 5.75 Å². The van der Waals surface area contributed by atoms with Gasteiger partial charge in [-0.05, 0) is 74.4 Å². The van der Waals surface area contributed by atoms with Gasteiger partial charge in [0.2, 0.25) is 0 Å². The van der Waals surface area contributed by atoms with E-state index < -0.39 is 0 Å². The Morgan fingerprint density at radius 3 is 2.53 bits per heavy atom. The maximum Gasteiger partial charge on any atom is 0.293 e. The van der Waals surface area contributed by atoms with Gasteiger partial charge in [0.25, 0.3) is 11.1 Å². The van der Waals surface area contributed by atoms with Gasteiger partial charge in [-0.3, -0.25) is 14.5 Å². The molecule has 30 heavy (non-hydrogen) atoms. The minimum atomic E-state index is -0.267. The molecule has 1 saturated heterocycles. The number of aromatic nitrogens is 1. The van der Waals surface area contributed by atoms with Crippen LogP contribution in [-0.2, 0) is 16.1 Å². The van der Waals surface area contributed by atoms with Gasteiger partial charge in [-0.25, -0.2) is 0 Å². The molecule has 3 rings (SSSR count). The lowest BCUT2D eigenvalue weighted by atomic mass is 10.1. The molecule has 7 heteroatoms. The van der Waals surface area contributed by atoms with Gasteiger partial charge >= 0.3 is 0 Å². The average Bonchev–Trinajstić information content (AvgIpc) is 3.12. The Balaban J connectivity index is 1.68. The van der Waals surface area contributed by atoms with E-state index in [-0.39, 0.29) is 24.3 Å². The van der Waals surface area contributed by atoms with Crippen molar-refractivity contribution < 1.29 is 19.1 Å². The molecule has 2 heterocycles. The first kappa shape index (κ1) is 22.2. The van der Waals surface area contributed by atoms with Gasteiger partial charge in [-0.1, -0.05) is 12.1 Å². The highest BCUT2D eigenvalue weighted by atomic mass is 32.2. The fourth-order valence-electron chi connectivity index (χ4n) is 3.44. The molecule has 0 atom stereocenters. The van der Waals surface area contributed by atoms with Gasteiger partial charge in [0, 0.05) is 25.0 Å². The standard InChI is InChI=1S/C23H28N2O4S/c1-15-6-7-16(2)20(12-15)29-11-9-25-22(26)21(30-23(25)27)14-19-13-17(3)24(18(19)4)8-10-28-5/h6-7,12-14H,8-11H2,1-5H3/b21-14-. The first-order valence-electron chi connectivity index (χ1n) is 9.93. The van der Waals surface area contributed by atoms with E-state index in [9.17, 15) is 9.59 Å². The summed E-state index contributed by atoms with van der Waals surface area (Å²) in [5, 5.41) is -0.260. The number of amides is 2. The van der Waals surface area contributed by atoms with Crippen LogP contribution in [-0.4, -0.2) is 47.5 Å². The van der Waals surface area contributed by atoms with Crippen molar-refractivity contribution in [2.45, 2.75) is 34.2 Å². The number of hydrogen-bond donors (Lipinski definition) is 0. The normalized spacial score (nSPS) is 15.5. The summed E-state index contributed by atoms with van der Waals surface area (Å²) in [4.78, 5) is 26.9. The molecule has 2 amide bonds. The molecule has 0 bridgehead atoms. The lowest BCUT2D eigenvalue weighted by Crippen LogP contribution is -2.32. The summed E-state index contributed by atoms with van der Waals surface area (Å²) < 4.78 is 13.1. The van der Waals surface area contributed by atoms with E-state index in [1.807, 2.05) is 58.0 Å². The summed E-state index contributed by atoms with van der Waals surface area (Å²) in [5.41, 5.74) is 5.22. The van der Waals surface area contributed by atoms with E-state index in [2.05, 4.69) is 4.57 Å². The van der Waals surface area contributed by atoms with E-state index >= 15 is 0 Å². The molecule has 0 aliphatic carbocycles. The third-order valence-corrected chi connectivity index (χ3v) is 6.12. The molecule has 0 saturated carbocycles. The molecule has 1 aliphatic heterocycles. The lowest BCUT2D eigenvalue weighted by Gasteiger charge is -2.14. The Labute approximate surface area is 181 Å². The van der Waals surface area contributed by atoms with Crippen LogP contribution in [0.25, 0.3) is 6.08 Å². The predicted octanol–water partition coefficient (Wildman–Crippen LogP) is 4.48. The highest BCUT2D eigenvalue weighted by Crippen LogP contribution is 2.33. The van der Waals surface area contributed by atoms with Gasteiger partial charge < -0.3 is 14.0 Å². The van der Waals surface area contributed by atoms with Crippen LogP contribution in [0.15, 0.2) is 29.2 Å². The Hall–Kier alpha value is -2.51. The quantitative estimate of drug-likeness (QED) is 0.580. The number of thioether (sulfide) groups is 1. The second kappa shape index (κ2) is 9.53. The summed E-state index contributed by atoms with van der Waals surface area (Å²) in [6, 6.07) is 8.01. The monoisotopic (exact) mass is 428 g/mol. The number of rotatable bonds is 8. The highest BCUT2D eigenvalue weighted by Gasteiger charge is 2.35. The molecule has 1 aromatic heterocycles. The highest BCUT2D eigenvalue weighted by molar-refractivity contribution is 8.18. The van der Waals surface area contributed by atoms with Crippen LogP contribution in [0.3, 0.4) is 0 Å². The van der Waals surface area contributed by atoms with Gasteiger partial charge in [-0.15, -0.1) is 0 Å². The minimum Gasteiger partial charge on any atom is -0.491 e. The smallest absolute Gasteiger partial charge is 0.293 e. The first-order valence-corrected chi connectivity index (χ1v) is 10.7. The number of carbonyl (C=O) groups is 2. The number of aryl methyl sites for hydroxylation is 3. The topological polar surface area (TPSA) is 60.8 Å². The Morgan fingerprint density at radius 2 is 1.80 bits per heavy atom. The molecule has 0 unspecified atom stereocenters. The number of hydrogen-bond acceptors (Lipinski definition) is 5. The maximum atomic E-state index is 12.8. The average molecular weight is 429 g/mol. The maximum absolute atomic E-state index is 12.8. The van der Waals surface area contributed by atoms with Crippen LogP contribution >= 0.6 is 11.8 Å². The first-order chi connectivity index (χ1) is 14.3. The third-order valence-electron chi connectivity index (χ3n) is 5.21. The fourth-order valence-corrected chi connectivity index (χ4v) is 4.30. The van der Waals surface area contributed by atoms with Crippen molar-refractivity contribution in [3.05, 3.63) is 57.2 Å². The molecule has 160 valence electrons. The van der Waals surface area contributed by atoms with Gasteiger partial charge in [0.1, 0.15) is 12.4 Å². The SMILES string of the molecule is COCCn1c(C)cc(/C=C2\SC(=O)N(CCOc3cc(C)ccc3C)C2=O)c1C. The summed E-state index contributed by atoms with van der Waals surface area (Å²) in [6.45, 7) is 9.86. The number of methoxy groups -OCH3 is 1. The Morgan fingerprint density at radius 1 is 1.03 bits per heavy atom. The van der Waals surface area contributed by atoms with E-state index in [1.165, 1.54) is 4.90 Å². The minimum absolute atomic E-state index is 0.224. The van der Waals surface area contributed by atoms with Crippen LogP contribution in [0.5, 0.6) is 5.75 Å². The zero-order valence-electron chi connectivity index (χ0n) is 18.2. The van der Waals surface area contributed by atoms with Crippen molar-refractivity contribution in [1.82, 2.24) is 9.47 Å². The van der Waals surface area contributed by atoms with Gasteiger partial charge in [0.05, 0.1) is 18.1 Å². The summed E-state index contributed by atoms with van der Waals surface area (Å²) in [6.07, 6.45) is 1.81. The lowest BCUT2D eigenvalue weighted by molar-refractivity contribution is -0.123. The second-order valence-corrected chi connectivity index (χ2v) is 8.41. The van der Waals surface area contributed by atoms with Crippen LogP contribution in [0, 0.1) is 27.7 Å². The molecule has 2 aromatic rings. The van der Waals surface area contributed by atoms with E-state index in [1.54, 1.807) is 7.11 Å². The Kier molecular flexibility index (Phi) is 7.05. The van der Waals surface area contributed by atoms with Crippen molar-refractivity contribution in [2.24, 2.45) is 0 Å². The number of benzene rings is 1. The van der Waals surface area contributed by atoms with E-state index in [0.717, 1.165) is 52.1 Å². The predicted molar refractivity (Wildman–Crippen MR) is 120 cm³/mol. The number of nitrogens with zero attached hydrogens (tertiary/aromatic N) is 2. The molecule has 1 aliphatic rings. The third kappa shape index (κ3) is 4.79. The number of carbonyl (C=O) groups excluding carboxylic acids is 2. The van der Waals surface area contributed by atoms with Gasteiger partial charge in [0.15, 0.2) is 0 Å². The van der Waals surface area contributed by atoms with E-state index in [0.29, 0.717) is 11.5 Å². The molecule has 0 spiro atoms. The van der Waals surface area contributed by atoms with Crippen LogP contribution in [0.2, 0.25) is 0 Å². The zero-order chi connectivity index (χ0) is 21.8. The van der Waals surface area contributed by atoms with E-state index in [4.69, 9.17) is 9.47 Å².